The van der Waals surface area contributed by atoms with Crippen molar-refractivity contribution in [3.05, 3.63) is 12.1 Å². The Morgan fingerprint density at radius 2 is 1.95 bits per heavy atom. The summed E-state index contributed by atoms with van der Waals surface area (Å²) < 4.78 is 11.1. The minimum atomic E-state index is 0.473. The third-order valence-corrected chi connectivity index (χ3v) is 3.11. The molecule has 1 aliphatic rings. The van der Waals surface area contributed by atoms with Crippen LogP contribution in [-0.4, -0.2) is 26.3 Å². The van der Waals surface area contributed by atoms with Gasteiger partial charge < -0.3 is 20.1 Å². The van der Waals surface area contributed by atoms with Gasteiger partial charge in [0.25, 0.3) is 0 Å². The van der Waals surface area contributed by atoms with Crippen LogP contribution in [0.1, 0.15) is 20.3 Å². The van der Waals surface area contributed by atoms with Crippen molar-refractivity contribution in [2.45, 2.75) is 20.3 Å². The summed E-state index contributed by atoms with van der Waals surface area (Å²) in [7, 11) is 0. The van der Waals surface area contributed by atoms with Gasteiger partial charge in [-0.2, -0.15) is 5.26 Å². The maximum Gasteiger partial charge on any atom is 0.163 e. The Bertz CT molecular complexity index is 509. The lowest BCUT2D eigenvalue weighted by Gasteiger charge is -2.29. The SMILES string of the molecule is CC(C)CN(CCC#N)c1cc2c(cc1N)OCCO2. The molecule has 0 saturated carbocycles. The molecule has 5 nitrogen and oxygen atoms in total. The van der Waals surface area contributed by atoms with Crippen molar-refractivity contribution in [2.75, 3.05) is 36.9 Å². The average molecular weight is 275 g/mol. The molecule has 108 valence electrons. The molecule has 2 rings (SSSR count). The van der Waals surface area contributed by atoms with Gasteiger partial charge in [-0.15, -0.1) is 0 Å². The first-order chi connectivity index (χ1) is 9.61. The van der Waals surface area contributed by atoms with Crippen LogP contribution in [0.3, 0.4) is 0 Å². The van der Waals surface area contributed by atoms with Gasteiger partial charge >= 0.3 is 0 Å². The Morgan fingerprint density at radius 3 is 2.55 bits per heavy atom. The molecule has 5 heteroatoms. The molecule has 0 bridgehead atoms. The standard InChI is InChI=1S/C15H21N3O2/c1-11(2)10-18(5-3-4-16)13-9-15-14(8-12(13)17)19-6-7-20-15/h8-9,11H,3,5-7,10,17H2,1-2H3. The number of nitrogens with two attached hydrogens (primary N) is 1. The number of nitriles is 1. The summed E-state index contributed by atoms with van der Waals surface area (Å²) in [6.07, 6.45) is 0.473. The van der Waals surface area contributed by atoms with Crippen LogP contribution >= 0.6 is 0 Å². The van der Waals surface area contributed by atoms with Gasteiger partial charge in [0.1, 0.15) is 13.2 Å². The van der Waals surface area contributed by atoms with Crippen LogP contribution in [-0.2, 0) is 0 Å². The van der Waals surface area contributed by atoms with Crippen LogP contribution in [0.5, 0.6) is 11.5 Å². The lowest BCUT2D eigenvalue weighted by molar-refractivity contribution is 0.172. The Labute approximate surface area is 119 Å². The van der Waals surface area contributed by atoms with Crippen molar-refractivity contribution < 1.29 is 9.47 Å². The van der Waals surface area contributed by atoms with Crippen molar-refractivity contribution in [3.63, 3.8) is 0 Å². The van der Waals surface area contributed by atoms with E-state index in [1.807, 2.05) is 12.1 Å². The van der Waals surface area contributed by atoms with E-state index in [1.165, 1.54) is 0 Å². The summed E-state index contributed by atoms with van der Waals surface area (Å²) in [6, 6.07) is 5.91. The molecule has 0 fully saturated rings. The molecule has 1 aromatic rings. The molecule has 1 heterocycles. The third kappa shape index (κ3) is 3.27. The van der Waals surface area contributed by atoms with E-state index in [0.29, 0.717) is 43.5 Å². The monoisotopic (exact) mass is 275 g/mol. The van der Waals surface area contributed by atoms with E-state index in [-0.39, 0.29) is 0 Å². The number of nitrogen functional groups attached to an aromatic ring is 1. The summed E-state index contributed by atoms with van der Waals surface area (Å²) in [5, 5.41) is 8.80. The number of ether oxygens (including phenoxy) is 2. The summed E-state index contributed by atoms with van der Waals surface area (Å²) in [5.74, 6) is 1.91. The molecule has 0 saturated heterocycles. The predicted molar refractivity (Wildman–Crippen MR) is 79.1 cm³/mol. The van der Waals surface area contributed by atoms with E-state index in [2.05, 4.69) is 24.8 Å². The maximum absolute atomic E-state index is 8.80. The second-order valence-electron chi connectivity index (χ2n) is 5.30. The van der Waals surface area contributed by atoms with Crippen LogP contribution < -0.4 is 20.1 Å². The Morgan fingerprint density at radius 1 is 1.30 bits per heavy atom. The number of hydrogen-bond acceptors (Lipinski definition) is 5. The van der Waals surface area contributed by atoms with Gasteiger partial charge in [0.2, 0.25) is 0 Å². The zero-order valence-corrected chi connectivity index (χ0v) is 12.1. The zero-order chi connectivity index (χ0) is 14.5. The van der Waals surface area contributed by atoms with Crippen LogP contribution in [0.15, 0.2) is 12.1 Å². The number of benzene rings is 1. The van der Waals surface area contributed by atoms with Crippen molar-refractivity contribution >= 4 is 11.4 Å². The van der Waals surface area contributed by atoms with E-state index < -0.39 is 0 Å². The number of nitrogens with zero attached hydrogens (tertiary/aromatic N) is 2. The highest BCUT2D eigenvalue weighted by Crippen LogP contribution is 2.38. The van der Waals surface area contributed by atoms with Gasteiger partial charge in [0.15, 0.2) is 11.5 Å². The molecule has 0 radical (unpaired) electrons. The number of rotatable bonds is 5. The highest BCUT2D eigenvalue weighted by Gasteiger charge is 2.18. The van der Waals surface area contributed by atoms with Crippen molar-refractivity contribution in [3.8, 4) is 17.6 Å². The first-order valence-corrected chi connectivity index (χ1v) is 6.93. The minimum Gasteiger partial charge on any atom is -0.486 e. The van der Waals surface area contributed by atoms with Crippen LogP contribution in [0.25, 0.3) is 0 Å². The molecule has 0 spiro atoms. The largest absolute Gasteiger partial charge is 0.486 e. The first-order valence-electron chi connectivity index (χ1n) is 6.93. The van der Waals surface area contributed by atoms with Gasteiger partial charge in [-0.05, 0) is 5.92 Å². The molecule has 0 aromatic heterocycles. The van der Waals surface area contributed by atoms with Gasteiger partial charge in [0, 0.05) is 25.2 Å². The fourth-order valence-electron chi connectivity index (χ4n) is 2.30. The van der Waals surface area contributed by atoms with Crippen LogP contribution in [0.2, 0.25) is 0 Å². The number of hydrogen-bond donors (Lipinski definition) is 1. The van der Waals surface area contributed by atoms with E-state index in [1.54, 1.807) is 0 Å². The molecule has 0 aliphatic carbocycles. The zero-order valence-electron chi connectivity index (χ0n) is 12.1. The fourth-order valence-corrected chi connectivity index (χ4v) is 2.30. The molecule has 2 N–H and O–H groups in total. The van der Waals surface area contributed by atoms with E-state index >= 15 is 0 Å². The smallest absolute Gasteiger partial charge is 0.163 e. The summed E-state index contributed by atoms with van der Waals surface area (Å²) in [6.45, 7) is 6.92. The Hall–Kier alpha value is -2.09. The second-order valence-corrected chi connectivity index (χ2v) is 5.30. The summed E-state index contributed by atoms with van der Waals surface area (Å²) in [5.41, 5.74) is 7.71. The predicted octanol–water partition coefficient (Wildman–Crippen LogP) is 2.42. The summed E-state index contributed by atoms with van der Waals surface area (Å²) in [4.78, 5) is 2.14. The normalized spacial score (nSPS) is 13.1. The van der Waals surface area contributed by atoms with Gasteiger partial charge in [-0.25, -0.2) is 0 Å². The lowest BCUT2D eigenvalue weighted by atomic mass is 10.1. The highest BCUT2D eigenvalue weighted by molar-refractivity contribution is 5.73. The molecular weight excluding hydrogens is 254 g/mol. The molecule has 20 heavy (non-hydrogen) atoms. The number of anilines is 2. The maximum atomic E-state index is 8.80. The van der Waals surface area contributed by atoms with E-state index in [4.69, 9.17) is 20.5 Å². The van der Waals surface area contributed by atoms with Crippen molar-refractivity contribution in [1.29, 1.82) is 5.26 Å². The third-order valence-electron chi connectivity index (χ3n) is 3.11. The Balaban J connectivity index is 2.29. The molecule has 0 amide bonds. The van der Waals surface area contributed by atoms with Crippen molar-refractivity contribution in [2.24, 2.45) is 5.92 Å². The van der Waals surface area contributed by atoms with Crippen LogP contribution in [0.4, 0.5) is 11.4 Å². The Kier molecular flexibility index (Phi) is 4.57. The lowest BCUT2D eigenvalue weighted by Crippen LogP contribution is -2.29. The molecule has 0 atom stereocenters. The fraction of sp³-hybridized carbons (Fsp3) is 0.533. The molecule has 1 aliphatic heterocycles. The van der Waals surface area contributed by atoms with Gasteiger partial charge in [-0.3, -0.25) is 0 Å². The topological polar surface area (TPSA) is 71.5 Å². The van der Waals surface area contributed by atoms with Gasteiger partial charge in [-0.1, -0.05) is 13.8 Å². The van der Waals surface area contributed by atoms with Crippen LogP contribution in [0, 0.1) is 17.2 Å². The molecule has 0 unspecified atom stereocenters. The van der Waals surface area contributed by atoms with E-state index in [0.717, 1.165) is 18.0 Å². The molecule has 1 aromatic carbocycles. The average Bonchev–Trinajstić information content (AvgIpc) is 2.42. The first kappa shape index (κ1) is 14.3. The summed E-state index contributed by atoms with van der Waals surface area (Å²) >= 11 is 0. The van der Waals surface area contributed by atoms with Crippen molar-refractivity contribution in [1.82, 2.24) is 0 Å². The second kappa shape index (κ2) is 6.38. The van der Waals surface area contributed by atoms with Gasteiger partial charge in [0.05, 0.1) is 23.9 Å². The highest BCUT2D eigenvalue weighted by atomic mass is 16.6. The number of fused-ring (bicyclic) bond motifs is 1. The van der Waals surface area contributed by atoms with E-state index in [9.17, 15) is 0 Å². The quantitative estimate of drug-likeness (QED) is 0.835. The molecular formula is C15H21N3O2. The minimum absolute atomic E-state index is 0.473.